The van der Waals surface area contributed by atoms with Crippen LogP contribution in [0.4, 0.5) is 0 Å². The standard InChI is InChI=1S/C14H25N3O3.ClH/c1-20-10-14(5-8-15-9-6-14)13(19)17-11-4-2-3-7-16-12(11)18;/h11,15H,2-10H2,1H3,(H,16,18)(H,17,19);1H. The molecule has 2 heterocycles. The molecule has 2 aliphatic rings. The lowest BCUT2D eigenvalue weighted by Crippen LogP contribution is -2.55. The lowest BCUT2D eigenvalue weighted by atomic mass is 9.78. The highest BCUT2D eigenvalue weighted by atomic mass is 35.5. The topological polar surface area (TPSA) is 79.5 Å². The summed E-state index contributed by atoms with van der Waals surface area (Å²) in [6.07, 6.45) is 4.16. The van der Waals surface area contributed by atoms with E-state index in [-0.39, 0.29) is 24.2 Å². The van der Waals surface area contributed by atoms with E-state index in [0.717, 1.165) is 45.2 Å². The molecule has 2 aliphatic heterocycles. The van der Waals surface area contributed by atoms with Crippen molar-refractivity contribution in [1.82, 2.24) is 16.0 Å². The maximum absolute atomic E-state index is 12.6. The van der Waals surface area contributed by atoms with Crippen LogP contribution in [0.15, 0.2) is 0 Å². The first kappa shape index (κ1) is 18.2. The van der Waals surface area contributed by atoms with Crippen LogP contribution in [0.25, 0.3) is 0 Å². The van der Waals surface area contributed by atoms with Gasteiger partial charge in [-0.2, -0.15) is 0 Å². The number of ether oxygens (including phenoxy) is 1. The van der Waals surface area contributed by atoms with Crippen molar-refractivity contribution in [1.29, 1.82) is 0 Å². The SMILES string of the molecule is COCC1(C(=O)NC2CCCCNC2=O)CCNCC1.Cl. The molecule has 6 nitrogen and oxygen atoms in total. The minimum atomic E-state index is -0.493. The van der Waals surface area contributed by atoms with Crippen LogP contribution >= 0.6 is 12.4 Å². The second-order valence-corrected chi connectivity index (χ2v) is 5.78. The molecule has 2 saturated heterocycles. The van der Waals surface area contributed by atoms with Gasteiger partial charge >= 0.3 is 0 Å². The van der Waals surface area contributed by atoms with Gasteiger partial charge in [0.15, 0.2) is 0 Å². The van der Waals surface area contributed by atoms with Gasteiger partial charge in [-0.25, -0.2) is 0 Å². The molecule has 2 rings (SSSR count). The summed E-state index contributed by atoms with van der Waals surface area (Å²) < 4.78 is 5.26. The van der Waals surface area contributed by atoms with Crippen LogP contribution in [0, 0.1) is 5.41 Å². The largest absolute Gasteiger partial charge is 0.384 e. The van der Waals surface area contributed by atoms with Crippen LogP contribution in [0.1, 0.15) is 32.1 Å². The average molecular weight is 320 g/mol. The average Bonchev–Trinajstić information content (AvgIpc) is 2.65. The Morgan fingerprint density at radius 1 is 1.33 bits per heavy atom. The van der Waals surface area contributed by atoms with E-state index in [2.05, 4.69) is 16.0 Å². The van der Waals surface area contributed by atoms with Crippen molar-refractivity contribution in [3.05, 3.63) is 0 Å². The number of piperidine rings is 1. The van der Waals surface area contributed by atoms with Crippen molar-refractivity contribution >= 4 is 24.2 Å². The molecule has 0 aromatic heterocycles. The maximum atomic E-state index is 12.6. The van der Waals surface area contributed by atoms with Crippen molar-refractivity contribution < 1.29 is 14.3 Å². The Morgan fingerprint density at radius 2 is 2.05 bits per heavy atom. The van der Waals surface area contributed by atoms with E-state index in [9.17, 15) is 9.59 Å². The van der Waals surface area contributed by atoms with Crippen molar-refractivity contribution in [2.45, 2.75) is 38.1 Å². The summed E-state index contributed by atoms with van der Waals surface area (Å²) >= 11 is 0. The molecule has 0 radical (unpaired) electrons. The van der Waals surface area contributed by atoms with Crippen LogP contribution in [-0.4, -0.2) is 51.2 Å². The van der Waals surface area contributed by atoms with Gasteiger partial charge in [-0.05, 0) is 45.2 Å². The Balaban J connectivity index is 0.00000220. The van der Waals surface area contributed by atoms with Gasteiger partial charge in [0.05, 0.1) is 12.0 Å². The minimum Gasteiger partial charge on any atom is -0.384 e. The van der Waals surface area contributed by atoms with Crippen LogP contribution in [-0.2, 0) is 14.3 Å². The zero-order valence-electron chi connectivity index (χ0n) is 12.6. The summed E-state index contributed by atoms with van der Waals surface area (Å²) in [7, 11) is 1.62. The summed E-state index contributed by atoms with van der Waals surface area (Å²) in [5.41, 5.74) is -0.493. The monoisotopic (exact) mass is 319 g/mol. The van der Waals surface area contributed by atoms with Gasteiger partial charge in [0.1, 0.15) is 6.04 Å². The molecule has 122 valence electrons. The van der Waals surface area contributed by atoms with Crippen molar-refractivity contribution in [2.75, 3.05) is 33.4 Å². The highest BCUT2D eigenvalue weighted by Crippen LogP contribution is 2.29. The summed E-state index contributed by atoms with van der Waals surface area (Å²) in [5.74, 6) is -0.0970. The fourth-order valence-electron chi connectivity index (χ4n) is 3.01. The molecular weight excluding hydrogens is 294 g/mol. The fourth-order valence-corrected chi connectivity index (χ4v) is 3.01. The molecule has 2 fully saturated rings. The van der Waals surface area contributed by atoms with Gasteiger partial charge in [0.25, 0.3) is 0 Å². The van der Waals surface area contributed by atoms with Crippen LogP contribution in [0.2, 0.25) is 0 Å². The Bertz CT molecular complexity index is 354. The molecule has 1 atom stereocenters. The zero-order valence-corrected chi connectivity index (χ0v) is 13.4. The molecule has 1 unspecified atom stereocenters. The molecule has 0 bridgehead atoms. The van der Waals surface area contributed by atoms with E-state index in [1.165, 1.54) is 0 Å². The third kappa shape index (κ3) is 4.56. The Labute approximate surface area is 132 Å². The number of rotatable bonds is 4. The molecule has 2 amide bonds. The van der Waals surface area contributed by atoms with Crippen molar-refractivity contribution in [3.63, 3.8) is 0 Å². The smallest absolute Gasteiger partial charge is 0.242 e. The molecule has 0 aromatic rings. The molecule has 0 aromatic carbocycles. The lowest BCUT2D eigenvalue weighted by molar-refractivity contribution is -0.139. The third-order valence-electron chi connectivity index (χ3n) is 4.30. The Hall–Kier alpha value is -0.850. The van der Waals surface area contributed by atoms with Crippen LogP contribution in [0.5, 0.6) is 0 Å². The Kier molecular flexibility index (Phi) is 7.42. The van der Waals surface area contributed by atoms with Crippen molar-refractivity contribution in [2.24, 2.45) is 5.41 Å². The number of hydrogen-bond acceptors (Lipinski definition) is 4. The molecule has 7 heteroatoms. The van der Waals surface area contributed by atoms with Gasteiger partial charge in [0.2, 0.25) is 11.8 Å². The third-order valence-corrected chi connectivity index (χ3v) is 4.30. The second-order valence-electron chi connectivity index (χ2n) is 5.78. The molecule has 0 aliphatic carbocycles. The van der Waals surface area contributed by atoms with E-state index in [1.54, 1.807) is 7.11 Å². The van der Waals surface area contributed by atoms with E-state index in [1.807, 2.05) is 0 Å². The molecule has 0 spiro atoms. The van der Waals surface area contributed by atoms with Crippen LogP contribution < -0.4 is 16.0 Å². The molecular formula is C14H26ClN3O3. The number of amides is 2. The number of carbonyl (C=O) groups is 2. The van der Waals surface area contributed by atoms with Gasteiger partial charge in [-0.3, -0.25) is 9.59 Å². The van der Waals surface area contributed by atoms with E-state index >= 15 is 0 Å². The number of carbonyl (C=O) groups excluding carboxylic acids is 2. The normalized spacial score (nSPS) is 25.2. The molecule has 21 heavy (non-hydrogen) atoms. The van der Waals surface area contributed by atoms with Crippen LogP contribution in [0.3, 0.4) is 0 Å². The fraction of sp³-hybridized carbons (Fsp3) is 0.857. The zero-order chi connectivity index (χ0) is 14.4. The van der Waals surface area contributed by atoms with Gasteiger partial charge in [-0.15, -0.1) is 12.4 Å². The highest BCUT2D eigenvalue weighted by Gasteiger charge is 2.41. The predicted molar refractivity (Wildman–Crippen MR) is 82.5 cm³/mol. The number of nitrogens with one attached hydrogen (secondary N) is 3. The summed E-state index contributed by atoms with van der Waals surface area (Å²) in [4.78, 5) is 24.6. The summed E-state index contributed by atoms with van der Waals surface area (Å²) in [6.45, 7) is 2.74. The van der Waals surface area contributed by atoms with Gasteiger partial charge < -0.3 is 20.7 Å². The number of methoxy groups -OCH3 is 1. The maximum Gasteiger partial charge on any atom is 0.242 e. The highest BCUT2D eigenvalue weighted by molar-refractivity contribution is 5.90. The Morgan fingerprint density at radius 3 is 2.71 bits per heavy atom. The van der Waals surface area contributed by atoms with E-state index in [4.69, 9.17) is 4.74 Å². The lowest BCUT2D eigenvalue weighted by Gasteiger charge is -2.36. The second kappa shape index (κ2) is 8.56. The van der Waals surface area contributed by atoms with E-state index in [0.29, 0.717) is 13.2 Å². The minimum absolute atomic E-state index is 0. The first-order valence-corrected chi connectivity index (χ1v) is 7.46. The number of halogens is 1. The van der Waals surface area contributed by atoms with Crippen molar-refractivity contribution in [3.8, 4) is 0 Å². The van der Waals surface area contributed by atoms with Gasteiger partial charge in [-0.1, -0.05) is 0 Å². The quantitative estimate of drug-likeness (QED) is 0.692. The first-order valence-electron chi connectivity index (χ1n) is 7.46. The predicted octanol–water partition coefficient (Wildman–Crippen LogP) is 0.209. The van der Waals surface area contributed by atoms with E-state index < -0.39 is 11.5 Å². The molecule has 0 saturated carbocycles. The summed E-state index contributed by atoms with van der Waals surface area (Å²) in [6, 6.07) is -0.395. The first-order chi connectivity index (χ1) is 9.68. The molecule has 3 N–H and O–H groups in total. The summed E-state index contributed by atoms with van der Waals surface area (Å²) in [5, 5.41) is 9.06. The van der Waals surface area contributed by atoms with Gasteiger partial charge in [0, 0.05) is 13.7 Å². The number of hydrogen-bond donors (Lipinski definition) is 3.